The maximum Gasteiger partial charge on any atom is 0.137 e. The largest absolute Gasteiger partial charge is 0.383 e. The van der Waals surface area contributed by atoms with E-state index in [1.165, 1.54) is 0 Å². The predicted molar refractivity (Wildman–Crippen MR) is 65.5 cm³/mol. The molecule has 1 aliphatic heterocycles. The molecule has 0 saturated carbocycles. The molecule has 1 aromatic rings. The van der Waals surface area contributed by atoms with Crippen LogP contribution < -0.4 is 16.0 Å². The molecule has 0 aliphatic carbocycles. The van der Waals surface area contributed by atoms with Crippen LogP contribution in [0.4, 0.5) is 11.6 Å². The molecule has 2 rings (SSSR count). The summed E-state index contributed by atoms with van der Waals surface area (Å²) in [6.07, 6.45) is 3.58. The van der Waals surface area contributed by atoms with Gasteiger partial charge in [0.05, 0.1) is 0 Å². The minimum Gasteiger partial charge on any atom is -0.383 e. The van der Waals surface area contributed by atoms with Gasteiger partial charge in [-0.2, -0.15) is 0 Å². The molecule has 2 heterocycles. The first-order chi connectivity index (χ1) is 7.83. The molecule has 0 atom stereocenters. The van der Waals surface area contributed by atoms with Gasteiger partial charge in [0.25, 0.3) is 0 Å². The van der Waals surface area contributed by atoms with Crippen molar-refractivity contribution >= 4 is 11.6 Å². The van der Waals surface area contributed by atoms with Gasteiger partial charge in [-0.05, 0) is 6.42 Å². The van der Waals surface area contributed by atoms with Crippen molar-refractivity contribution in [2.24, 2.45) is 0 Å². The van der Waals surface area contributed by atoms with Gasteiger partial charge >= 0.3 is 0 Å². The summed E-state index contributed by atoms with van der Waals surface area (Å²) in [5.41, 5.74) is 7.02. The van der Waals surface area contributed by atoms with Crippen molar-refractivity contribution in [2.45, 2.75) is 19.8 Å². The molecule has 0 radical (unpaired) electrons. The number of hydrogen-bond acceptors (Lipinski definition) is 5. The second-order valence-electron chi connectivity index (χ2n) is 4.05. The highest BCUT2D eigenvalue weighted by molar-refractivity contribution is 5.56. The third-order valence-corrected chi connectivity index (χ3v) is 2.87. The highest BCUT2D eigenvalue weighted by atomic mass is 15.2. The summed E-state index contributed by atoms with van der Waals surface area (Å²) in [5.74, 6) is 1.65. The smallest absolute Gasteiger partial charge is 0.137 e. The highest BCUT2D eigenvalue weighted by Gasteiger charge is 2.17. The van der Waals surface area contributed by atoms with Crippen LogP contribution in [0.1, 0.15) is 18.9 Å². The molecule has 0 spiro atoms. The number of piperazine rings is 1. The number of nitrogens with two attached hydrogens (primary N) is 1. The second kappa shape index (κ2) is 5.12. The first-order valence-electron chi connectivity index (χ1n) is 5.88. The number of anilines is 2. The van der Waals surface area contributed by atoms with Crippen LogP contribution in [0, 0.1) is 0 Å². The van der Waals surface area contributed by atoms with Crippen molar-refractivity contribution in [3.05, 3.63) is 11.9 Å². The fourth-order valence-corrected chi connectivity index (χ4v) is 2.06. The second-order valence-corrected chi connectivity index (χ2v) is 4.05. The zero-order valence-corrected chi connectivity index (χ0v) is 9.74. The van der Waals surface area contributed by atoms with Crippen molar-refractivity contribution in [3.63, 3.8) is 0 Å². The number of nitrogens with one attached hydrogen (secondary N) is 1. The standard InChI is InChI=1S/C11H19N5/c1-2-3-9-10(12)14-8-15-11(9)16-6-4-13-5-7-16/h8,13H,2-7H2,1H3,(H2,12,14,15). The van der Waals surface area contributed by atoms with Gasteiger partial charge in [0.2, 0.25) is 0 Å². The average molecular weight is 221 g/mol. The minimum absolute atomic E-state index is 0.630. The molecule has 0 unspecified atom stereocenters. The molecule has 5 heteroatoms. The van der Waals surface area contributed by atoms with Gasteiger partial charge in [0.15, 0.2) is 0 Å². The van der Waals surface area contributed by atoms with Gasteiger partial charge < -0.3 is 16.0 Å². The molecular weight excluding hydrogens is 202 g/mol. The Balaban J connectivity index is 2.27. The Hall–Kier alpha value is -1.36. The SMILES string of the molecule is CCCc1c(N)ncnc1N1CCNCC1. The van der Waals surface area contributed by atoms with Gasteiger partial charge in [-0.3, -0.25) is 0 Å². The first kappa shape index (κ1) is 11.1. The Morgan fingerprint density at radius 1 is 1.38 bits per heavy atom. The molecule has 3 N–H and O–H groups in total. The molecule has 0 amide bonds. The molecule has 0 aromatic carbocycles. The number of rotatable bonds is 3. The molecule has 1 aliphatic rings. The van der Waals surface area contributed by atoms with Crippen LogP contribution in [0.15, 0.2) is 6.33 Å². The van der Waals surface area contributed by atoms with Crippen LogP contribution in [0.5, 0.6) is 0 Å². The van der Waals surface area contributed by atoms with Crippen LogP contribution in [0.25, 0.3) is 0 Å². The molecule has 5 nitrogen and oxygen atoms in total. The third-order valence-electron chi connectivity index (χ3n) is 2.87. The first-order valence-corrected chi connectivity index (χ1v) is 5.88. The van der Waals surface area contributed by atoms with Crippen molar-refractivity contribution in [1.82, 2.24) is 15.3 Å². The summed E-state index contributed by atoms with van der Waals surface area (Å²) in [6.45, 7) is 6.15. The zero-order valence-electron chi connectivity index (χ0n) is 9.74. The molecule has 1 saturated heterocycles. The van der Waals surface area contributed by atoms with Crippen molar-refractivity contribution < 1.29 is 0 Å². The van der Waals surface area contributed by atoms with Crippen LogP contribution in [-0.4, -0.2) is 36.1 Å². The van der Waals surface area contributed by atoms with Gasteiger partial charge in [-0.1, -0.05) is 13.3 Å². The van der Waals surface area contributed by atoms with E-state index in [4.69, 9.17) is 5.73 Å². The van der Waals surface area contributed by atoms with Gasteiger partial charge in [0, 0.05) is 31.7 Å². The maximum absolute atomic E-state index is 5.92. The van der Waals surface area contributed by atoms with Crippen molar-refractivity contribution in [1.29, 1.82) is 0 Å². The summed E-state index contributed by atoms with van der Waals surface area (Å²) in [4.78, 5) is 10.8. The number of hydrogen-bond donors (Lipinski definition) is 2. The topological polar surface area (TPSA) is 67.1 Å². The molecule has 88 valence electrons. The molecule has 1 aromatic heterocycles. The van der Waals surface area contributed by atoms with E-state index in [9.17, 15) is 0 Å². The number of nitrogen functional groups attached to an aromatic ring is 1. The minimum atomic E-state index is 0.630. The zero-order chi connectivity index (χ0) is 11.4. The maximum atomic E-state index is 5.92. The lowest BCUT2D eigenvalue weighted by Gasteiger charge is -2.30. The Morgan fingerprint density at radius 3 is 2.81 bits per heavy atom. The van der Waals surface area contributed by atoms with E-state index in [1.54, 1.807) is 6.33 Å². The number of aromatic nitrogens is 2. The summed E-state index contributed by atoms with van der Waals surface area (Å²) in [6, 6.07) is 0. The summed E-state index contributed by atoms with van der Waals surface area (Å²) >= 11 is 0. The van der Waals surface area contributed by atoms with Crippen LogP contribution in [-0.2, 0) is 6.42 Å². The Bertz CT molecular complexity index is 346. The lowest BCUT2D eigenvalue weighted by Crippen LogP contribution is -2.44. The predicted octanol–water partition coefficient (Wildman–Crippen LogP) is 0.421. The van der Waals surface area contributed by atoms with Gasteiger partial charge in [-0.25, -0.2) is 9.97 Å². The molecule has 0 bridgehead atoms. The van der Waals surface area contributed by atoms with Crippen molar-refractivity contribution in [3.8, 4) is 0 Å². The monoisotopic (exact) mass is 221 g/mol. The van der Waals surface area contributed by atoms with Crippen LogP contribution >= 0.6 is 0 Å². The molecule has 16 heavy (non-hydrogen) atoms. The van der Waals surface area contributed by atoms with E-state index >= 15 is 0 Å². The van der Waals surface area contributed by atoms with Crippen LogP contribution in [0.3, 0.4) is 0 Å². The van der Waals surface area contributed by atoms with E-state index in [1.807, 2.05) is 0 Å². The highest BCUT2D eigenvalue weighted by Crippen LogP contribution is 2.23. The molecule has 1 fully saturated rings. The fourth-order valence-electron chi connectivity index (χ4n) is 2.06. The Morgan fingerprint density at radius 2 is 2.12 bits per heavy atom. The lowest BCUT2D eigenvalue weighted by molar-refractivity contribution is 0.582. The van der Waals surface area contributed by atoms with E-state index in [-0.39, 0.29) is 0 Å². The molecular formula is C11H19N5. The number of nitrogens with zero attached hydrogens (tertiary/aromatic N) is 3. The fraction of sp³-hybridized carbons (Fsp3) is 0.636. The third kappa shape index (κ3) is 2.24. The van der Waals surface area contributed by atoms with Gasteiger partial charge in [-0.15, -0.1) is 0 Å². The van der Waals surface area contributed by atoms with E-state index in [0.29, 0.717) is 5.82 Å². The van der Waals surface area contributed by atoms with E-state index in [2.05, 4.69) is 27.1 Å². The van der Waals surface area contributed by atoms with Gasteiger partial charge in [0.1, 0.15) is 18.0 Å². The summed E-state index contributed by atoms with van der Waals surface area (Å²) in [7, 11) is 0. The average Bonchev–Trinajstić information content (AvgIpc) is 2.33. The van der Waals surface area contributed by atoms with E-state index < -0.39 is 0 Å². The quantitative estimate of drug-likeness (QED) is 0.774. The summed E-state index contributed by atoms with van der Waals surface area (Å²) < 4.78 is 0. The van der Waals surface area contributed by atoms with Crippen LogP contribution in [0.2, 0.25) is 0 Å². The normalized spacial score (nSPS) is 16.4. The Labute approximate surface area is 96.1 Å². The van der Waals surface area contributed by atoms with E-state index in [0.717, 1.165) is 50.4 Å². The Kier molecular flexibility index (Phi) is 3.56. The summed E-state index contributed by atoms with van der Waals surface area (Å²) in [5, 5.41) is 3.33. The lowest BCUT2D eigenvalue weighted by atomic mass is 10.1. The van der Waals surface area contributed by atoms with Crippen molar-refractivity contribution in [2.75, 3.05) is 36.8 Å².